The number of alkyl halides is 3. The molecular weight excluding hydrogens is 511 g/mol. The van der Waals surface area contributed by atoms with Crippen LogP contribution in [0, 0.1) is 11.3 Å². The molecule has 2 heterocycles. The highest BCUT2D eigenvalue weighted by molar-refractivity contribution is 7.11. The van der Waals surface area contributed by atoms with Crippen LogP contribution in [0.15, 0.2) is 81.5 Å². The SMILES string of the molecule is N#C/C(=C\Nc1cc(C(F)(F)F)ccc1Cl)c1nc(-c2cc3c(ccc4ccccc43)oc2=O)cs1. The number of benzene rings is 3. The van der Waals surface area contributed by atoms with Gasteiger partial charge in [0.25, 0.3) is 0 Å². The van der Waals surface area contributed by atoms with Gasteiger partial charge in [-0.3, -0.25) is 0 Å². The second kappa shape index (κ2) is 9.15. The Morgan fingerprint density at radius 1 is 1.11 bits per heavy atom. The van der Waals surface area contributed by atoms with Gasteiger partial charge in [0.15, 0.2) is 0 Å². The van der Waals surface area contributed by atoms with Crippen LogP contribution in [0.3, 0.4) is 0 Å². The van der Waals surface area contributed by atoms with Crippen LogP contribution in [-0.2, 0) is 6.18 Å². The molecule has 0 atom stereocenters. The van der Waals surface area contributed by atoms with Crippen LogP contribution in [0.25, 0.3) is 38.6 Å². The van der Waals surface area contributed by atoms with Crippen LogP contribution in [0.5, 0.6) is 0 Å². The lowest BCUT2D eigenvalue weighted by Gasteiger charge is -2.10. The fourth-order valence-electron chi connectivity index (χ4n) is 3.68. The lowest BCUT2D eigenvalue weighted by molar-refractivity contribution is -0.137. The predicted octanol–water partition coefficient (Wildman–Crippen LogP) is 7.72. The summed E-state index contributed by atoms with van der Waals surface area (Å²) < 4.78 is 44.6. The summed E-state index contributed by atoms with van der Waals surface area (Å²) in [6, 6.07) is 17.8. The number of anilines is 1. The minimum Gasteiger partial charge on any atom is -0.422 e. The number of allylic oxidation sites excluding steroid dienone is 1. The molecule has 5 aromatic rings. The predicted molar refractivity (Wildman–Crippen MR) is 135 cm³/mol. The summed E-state index contributed by atoms with van der Waals surface area (Å²) in [7, 11) is 0. The zero-order chi connectivity index (χ0) is 25.4. The Balaban J connectivity index is 1.51. The van der Waals surface area contributed by atoms with Gasteiger partial charge in [-0.2, -0.15) is 18.4 Å². The highest BCUT2D eigenvalue weighted by Crippen LogP contribution is 2.34. The van der Waals surface area contributed by atoms with Gasteiger partial charge in [-0.1, -0.05) is 41.9 Å². The number of rotatable bonds is 4. The molecule has 0 amide bonds. The normalized spacial score (nSPS) is 12.1. The van der Waals surface area contributed by atoms with Gasteiger partial charge in [0, 0.05) is 17.0 Å². The van der Waals surface area contributed by atoms with E-state index in [9.17, 15) is 23.2 Å². The van der Waals surface area contributed by atoms with Crippen LogP contribution in [0.1, 0.15) is 10.6 Å². The van der Waals surface area contributed by atoms with Crippen molar-refractivity contribution >= 4 is 55.9 Å². The van der Waals surface area contributed by atoms with Crippen molar-refractivity contribution < 1.29 is 17.6 Å². The number of hydrogen-bond donors (Lipinski definition) is 1. The van der Waals surface area contributed by atoms with E-state index in [1.54, 1.807) is 17.5 Å². The number of nitrogens with one attached hydrogen (secondary N) is 1. The molecule has 0 saturated carbocycles. The summed E-state index contributed by atoms with van der Waals surface area (Å²) >= 11 is 7.12. The molecule has 0 fully saturated rings. The van der Waals surface area contributed by atoms with Gasteiger partial charge in [0.1, 0.15) is 22.2 Å². The number of hydrogen-bond acceptors (Lipinski definition) is 6. The summed E-state index contributed by atoms with van der Waals surface area (Å²) in [5, 5.41) is 16.8. The Labute approximate surface area is 210 Å². The highest BCUT2D eigenvalue weighted by atomic mass is 35.5. The number of thiazole rings is 1. The molecule has 0 aliphatic heterocycles. The zero-order valence-electron chi connectivity index (χ0n) is 18.1. The highest BCUT2D eigenvalue weighted by Gasteiger charge is 2.31. The Morgan fingerprint density at radius 3 is 2.69 bits per heavy atom. The van der Waals surface area contributed by atoms with Gasteiger partial charge in [0.05, 0.1) is 27.5 Å². The van der Waals surface area contributed by atoms with Crippen molar-refractivity contribution in [1.29, 1.82) is 5.26 Å². The lowest BCUT2D eigenvalue weighted by Crippen LogP contribution is -2.05. The fourth-order valence-corrected chi connectivity index (χ4v) is 4.63. The molecule has 0 unspecified atom stereocenters. The quantitative estimate of drug-likeness (QED) is 0.148. The van der Waals surface area contributed by atoms with Gasteiger partial charge < -0.3 is 9.73 Å². The van der Waals surface area contributed by atoms with Gasteiger partial charge in [0.2, 0.25) is 0 Å². The maximum atomic E-state index is 13.0. The number of aromatic nitrogens is 1. The molecule has 3 aromatic carbocycles. The van der Waals surface area contributed by atoms with Crippen LogP contribution >= 0.6 is 22.9 Å². The first-order chi connectivity index (χ1) is 17.2. The smallest absolute Gasteiger partial charge is 0.416 e. The molecule has 5 rings (SSSR count). The number of nitrogens with zero attached hydrogens (tertiary/aromatic N) is 2. The third-order valence-corrected chi connectivity index (χ3v) is 6.64. The molecule has 36 heavy (non-hydrogen) atoms. The first-order valence-corrected chi connectivity index (χ1v) is 11.7. The van der Waals surface area contributed by atoms with Crippen LogP contribution in [-0.4, -0.2) is 4.98 Å². The van der Waals surface area contributed by atoms with Crippen molar-refractivity contribution in [3.05, 3.63) is 98.3 Å². The largest absolute Gasteiger partial charge is 0.422 e. The van der Waals surface area contributed by atoms with E-state index in [4.69, 9.17) is 16.0 Å². The van der Waals surface area contributed by atoms with E-state index in [0.29, 0.717) is 11.3 Å². The van der Waals surface area contributed by atoms with Crippen molar-refractivity contribution in [1.82, 2.24) is 4.98 Å². The topological polar surface area (TPSA) is 78.9 Å². The first kappa shape index (κ1) is 23.6. The van der Waals surface area contributed by atoms with Gasteiger partial charge >= 0.3 is 11.8 Å². The number of fused-ring (bicyclic) bond motifs is 3. The van der Waals surface area contributed by atoms with Crippen LogP contribution in [0.4, 0.5) is 18.9 Å². The first-order valence-electron chi connectivity index (χ1n) is 10.4. The number of halogens is 4. The average Bonchev–Trinajstić information content (AvgIpc) is 3.34. The van der Waals surface area contributed by atoms with Crippen molar-refractivity contribution in [3.8, 4) is 17.3 Å². The standard InChI is InChI=1S/C26H13ClF3N3O2S/c27-20-7-6-16(26(28,29)30)9-21(20)32-12-15(11-31)24-33-22(13-36-24)19-10-18-17-4-2-1-3-14(17)5-8-23(18)35-25(19)34/h1-10,12-13,32H/b15-12+. The molecule has 2 aromatic heterocycles. The van der Waals surface area contributed by atoms with Crippen molar-refractivity contribution in [3.63, 3.8) is 0 Å². The van der Waals surface area contributed by atoms with Gasteiger partial charge in [-0.25, -0.2) is 9.78 Å². The number of nitriles is 1. The van der Waals surface area contributed by atoms with E-state index in [1.807, 2.05) is 36.4 Å². The Bertz CT molecular complexity index is 1770. The van der Waals surface area contributed by atoms with E-state index in [-0.39, 0.29) is 26.9 Å². The zero-order valence-corrected chi connectivity index (χ0v) is 19.6. The molecule has 5 nitrogen and oxygen atoms in total. The molecule has 0 radical (unpaired) electrons. The summed E-state index contributed by atoms with van der Waals surface area (Å²) in [6.45, 7) is 0. The molecule has 0 aliphatic carbocycles. The van der Waals surface area contributed by atoms with E-state index < -0.39 is 17.4 Å². The summed E-state index contributed by atoms with van der Waals surface area (Å²) in [5.41, 5.74) is -0.435. The molecule has 10 heteroatoms. The minimum atomic E-state index is -4.54. The molecule has 1 N–H and O–H groups in total. The fraction of sp³-hybridized carbons (Fsp3) is 0.0385. The lowest BCUT2D eigenvalue weighted by atomic mass is 10.0. The molecular formula is C26H13ClF3N3O2S. The van der Waals surface area contributed by atoms with Crippen LogP contribution < -0.4 is 10.9 Å². The third kappa shape index (κ3) is 4.44. The van der Waals surface area contributed by atoms with E-state index in [1.165, 1.54) is 6.20 Å². The van der Waals surface area contributed by atoms with E-state index >= 15 is 0 Å². The second-order valence-corrected chi connectivity index (χ2v) is 8.96. The summed E-state index contributed by atoms with van der Waals surface area (Å²) in [6.07, 6.45) is -3.32. The average molecular weight is 524 g/mol. The van der Waals surface area contributed by atoms with Gasteiger partial charge in [-0.05, 0) is 41.1 Å². The molecule has 0 saturated heterocycles. The van der Waals surface area contributed by atoms with E-state index in [2.05, 4.69) is 10.3 Å². The molecule has 0 spiro atoms. The second-order valence-electron chi connectivity index (χ2n) is 7.69. The monoisotopic (exact) mass is 523 g/mol. The Morgan fingerprint density at radius 2 is 1.92 bits per heavy atom. The summed E-state index contributed by atoms with van der Waals surface area (Å²) in [4.78, 5) is 17.1. The third-order valence-electron chi connectivity index (χ3n) is 5.44. The van der Waals surface area contributed by atoms with Crippen LogP contribution in [0.2, 0.25) is 5.02 Å². The van der Waals surface area contributed by atoms with E-state index in [0.717, 1.165) is 45.7 Å². The van der Waals surface area contributed by atoms with Crippen molar-refractivity contribution in [2.24, 2.45) is 0 Å². The molecule has 0 bridgehead atoms. The van der Waals surface area contributed by atoms with Crippen molar-refractivity contribution in [2.75, 3.05) is 5.32 Å². The summed E-state index contributed by atoms with van der Waals surface area (Å²) in [5.74, 6) is 0. The minimum absolute atomic E-state index is 0.0157. The van der Waals surface area contributed by atoms with Gasteiger partial charge in [-0.15, -0.1) is 11.3 Å². The Hall–Kier alpha value is -4.13. The molecule has 0 aliphatic rings. The maximum absolute atomic E-state index is 13.0. The van der Waals surface area contributed by atoms with Crippen molar-refractivity contribution in [2.45, 2.75) is 6.18 Å². The maximum Gasteiger partial charge on any atom is 0.416 e. The molecule has 178 valence electrons. The Kier molecular flexibility index (Phi) is 6.00.